The monoisotopic (exact) mass is 326 g/mol. The Morgan fingerprint density at radius 1 is 1.09 bits per heavy atom. The van der Waals surface area contributed by atoms with Crippen molar-refractivity contribution < 1.29 is 13.9 Å². The van der Waals surface area contributed by atoms with Gasteiger partial charge in [-0.3, -0.25) is 4.79 Å². The molecule has 0 unspecified atom stereocenters. The van der Waals surface area contributed by atoms with Gasteiger partial charge in [-0.25, -0.2) is 0 Å². The number of benzene rings is 2. The Labute approximate surface area is 137 Å². The van der Waals surface area contributed by atoms with E-state index in [1.165, 1.54) is 0 Å². The Bertz CT molecular complexity index is 785. The summed E-state index contributed by atoms with van der Waals surface area (Å²) in [6.07, 6.45) is 0. The summed E-state index contributed by atoms with van der Waals surface area (Å²) in [5.74, 6) is 1.05. The lowest BCUT2D eigenvalue weighted by atomic mass is 10.2. The van der Waals surface area contributed by atoms with Crippen molar-refractivity contribution in [1.82, 2.24) is 10.2 Å². The molecule has 2 aromatic carbocycles. The molecule has 0 amide bonds. The smallest absolute Gasteiger partial charge is 0.284 e. The lowest BCUT2D eigenvalue weighted by molar-refractivity contribution is 0.108. The van der Waals surface area contributed by atoms with Crippen molar-refractivity contribution in [3.05, 3.63) is 71.6 Å². The number of nitrogens with zero attached hydrogens (tertiary/aromatic N) is 2. The van der Waals surface area contributed by atoms with Crippen LogP contribution in [0.5, 0.6) is 5.75 Å². The highest BCUT2D eigenvalue weighted by molar-refractivity contribution is 8.14. The third-order valence-corrected chi connectivity index (χ3v) is 3.78. The minimum absolute atomic E-state index is 0.135. The Hall–Kier alpha value is -2.60. The van der Waals surface area contributed by atoms with Crippen molar-refractivity contribution in [2.24, 2.45) is 0 Å². The van der Waals surface area contributed by atoms with E-state index < -0.39 is 0 Å². The maximum absolute atomic E-state index is 12.1. The van der Waals surface area contributed by atoms with Crippen LogP contribution in [0.25, 0.3) is 0 Å². The third-order valence-electron chi connectivity index (χ3n) is 3.02. The highest BCUT2D eigenvalue weighted by atomic mass is 32.2. The second kappa shape index (κ2) is 7.11. The molecule has 0 aliphatic rings. The quantitative estimate of drug-likeness (QED) is 0.663. The van der Waals surface area contributed by atoms with E-state index in [4.69, 9.17) is 9.15 Å². The molecule has 0 aliphatic heterocycles. The molecule has 1 heterocycles. The molecule has 3 aromatic rings. The standard InChI is InChI=1S/C17H14N2O3S/c1-12-7-9-13(10-8-12)16(20)23-17-19-18-15(22-17)11-21-14-5-3-2-4-6-14/h2-10H,11H2,1H3. The minimum Gasteiger partial charge on any atom is -0.484 e. The van der Waals surface area contributed by atoms with Gasteiger partial charge in [0, 0.05) is 17.3 Å². The van der Waals surface area contributed by atoms with Crippen LogP contribution in [-0.4, -0.2) is 15.3 Å². The number of carbonyl (C=O) groups excluding carboxylic acids is 1. The number of hydrogen-bond donors (Lipinski definition) is 0. The van der Waals surface area contributed by atoms with Gasteiger partial charge in [0.05, 0.1) is 0 Å². The van der Waals surface area contributed by atoms with Gasteiger partial charge >= 0.3 is 0 Å². The first-order valence-electron chi connectivity index (χ1n) is 7.00. The summed E-state index contributed by atoms with van der Waals surface area (Å²) < 4.78 is 10.9. The van der Waals surface area contributed by atoms with E-state index in [0.29, 0.717) is 11.5 Å². The highest BCUT2D eigenvalue weighted by Crippen LogP contribution is 2.22. The Kier molecular flexibility index (Phi) is 4.73. The van der Waals surface area contributed by atoms with Gasteiger partial charge in [-0.15, -0.1) is 10.2 Å². The van der Waals surface area contributed by atoms with E-state index in [0.717, 1.165) is 23.1 Å². The zero-order chi connectivity index (χ0) is 16.1. The summed E-state index contributed by atoms with van der Waals surface area (Å²) >= 11 is 0.910. The fourth-order valence-electron chi connectivity index (χ4n) is 1.83. The maximum atomic E-state index is 12.1. The summed E-state index contributed by atoms with van der Waals surface area (Å²) in [6, 6.07) is 16.7. The van der Waals surface area contributed by atoms with Crippen molar-refractivity contribution in [1.29, 1.82) is 0 Å². The van der Waals surface area contributed by atoms with Crippen molar-refractivity contribution in [3.63, 3.8) is 0 Å². The van der Waals surface area contributed by atoms with Gasteiger partial charge in [-0.2, -0.15) is 0 Å². The second-order valence-corrected chi connectivity index (χ2v) is 5.74. The molecule has 0 N–H and O–H groups in total. The molecule has 0 saturated carbocycles. The average molecular weight is 326 g/mol. The van der Waals surface area contributed by atoms with E-state index in [1.807, 2.05) is 49.4 Å². The molecule has 0 atom stereocenters. The van der Waals surface area contributed by atoms with Gasteiger partial charge < -0.3 is 9.15 Å². The minimum atomic E-state index is -0.135. The average Bonchev–Trinajstić information content (AvgIpc) is 3.02. The molecule has 6 heteroatoms. The zero-order valence-electron chi connectivity index (χ0n) is 12.4. The third kappa shape index (κ3) is 4.20. The predicted octanol–water partition coefficient (Wildman–Crippen LogP) is 3.89. The van der Waals surface area contributed by atoms with Crippen LogP contribution < -0.4 is 4.74 Å². The number of rotatable bonds is 5. The number of aromatic nitrogens is 2. The number of ether oxygens (including phenoxy) is 1. The van der Waals surface area contributed by atoms with E-state index in [-0.39, 0.29) is 16.9 Å². The maximum Gasteiger partial charge on any atom is 0.284 e. The van der Waals surface area contributed by atoms with Gasteiger partial charge in [0.1, 0.15) is 5.75 Å². The molecule has 3 rings (SSSR count). The van der Waals surface area contributed by atoms with Gasteiger partial charge in [0.2, 0.25) is 5.12 Å². The summed E-state index contributed by atoms with van der Waals surface area (Å²) in [4.78, 5) is 12.1. The molecule has 0 aliphatic carbocycles. The van der Waals surface area contributed by atoms with Crippen LogP contribution >= 0.6 is 11.8 Å². The Balaban J connectivity index is 1.58. The van der Waals surface area contributed by atoms with Gasteiger partial charge in [-0.1, -0.05) is 48.0 Å². The fraction of sp³-hybridized carbons (Fsp3) is 0.118. The molecule has 1 aromatic heterocycles. The molecule has 23 heavy (non-hydrogen) atoms. The topological polar surface area (TPSA) is 65.2 Å². The lowest BCUT2D eigenvalue weighted by Gasteiger charge is -2.01. The van der Waals surface area contributed by atoms with Crippen LogP contribution in [0.2, 0.25) is 0 Å². The molecule has 0 bridgehead atoms. The normalized spacial score (nSPS) is 10.5. The van der Waals surface area contributed by atoms with Crippen LogP contribution in [0.15, 0.2) is 64.2 Å². The highest BCUT2D eigenvalue weighted by Gasteiger charge is 2.14. The van der Waals surface area contributed by atoms with E-state index in [2.05, 4.69) is 10.2 Å². The summed E-state index contributed by atoms with van der Waals surface area (Å²) in [7, 11) is 0. The number of para-hydroxylation sites is 1. The molecular formula is C17H14N2O3S. The van der Waals surface area contributed by atoms with Crippen LogP contribution in [0.1, 0.15) is 21.8 Å². The zero-order valence-corrected chi connectivity index (χ0v) is 13.2. The number of carbonyl (C=O) groups is 1. The second-order valence-electron chi connectivity index (χ2n) is 4.82. The lowest BCUT2D eigenvalue weighted by Crippen LogP contribution is -1.95. The van der Waals surface area contributed by atoms with Crippen LogP contribution in [0, 0.1) is 6.92 Å². The number of hydrogen-bond acceptors (Lipinski definition) is 6. The summed E-state index contributed by atoms with van der Waals surface area (Å²) in [5, 5.41) is 7.81. The molecule has 0 saturated heterocycles. The van der Waals surface area contributed by atoms with E-state index >= 15 is 0 Å². The Morgan fingerprint density at radius 3 is 2.57 bits per heavy atom. The van der Waals surface area contributed by atoms with Crippen molar-refractivity contribution in [2.75, 3.05) is 0 Å². The first-order chi connectivity index (χ1) is 11.2. The largest absolute Gasteiger partial charge is 0.484 e. The first-order valence-corrected chi connectivity index (χ1v) is 7.81. The molecule has 5 nitrogen and oxygen atoms in total. The molecular weight excluding hydrogens is 312 g/mol. The molecule has 0 spiro atoms. The summed E-state index contributed by atoms with van der Waals surface area (Å²) in [6.45, 7) is 2.13. The number of aryl methyl sites for hydroxylation is 1. The molecule has 0 fully saturated rings. The SMILES string of the molecule is Cc1ccc(C(=O)Sc2nnc(COc3ccccc3)o2)cc1. The van der Waals surface area contributed by atoms with Crippen molar-refractivity contribution in [2.45, 2.75) is 18.8 Å². The first kappa shape index (κ1) is 15.3. The predicted molar refractivity (Wildman–Crippen MR) is 86.4 cm³/mol. The molecule has 0 radical (unpaired) electrons. The number of thioether (sulfide) groups is 1. The Morgan fingerprint density at radius 2 is 1.83 bits per heavy atom. The summed E-state index contributed by atoms with van der Waals surface area (Å²) in [5.41, 5.74) is 1.70. The fourth-order valence-corrected chi connectivity index (χ4v) is 2.46. The van der Waals surface area contributed by atoms with E-state index in [9.17, 15) is 4.79 Å². The molecule has 116 valence electrons. The van der Waals surface area contributed by atoms with Crippen LogP contribution in [0.3, 0.4) is 0 Å². The van der Waals surface area contributed by atoms with Gasteiger partial charge in [0.25, 0.3) is 11.1 Å². The van der Waals surface area contributed by atoms with Crippen molar-refractivity contribution in [3.8, 4) is 5.75 Å². The van der Waals surface area contributed by atoms with Gasteiger partial charge in [-0.05, 0) is 19.1 Å². The van der Waals surface area contributed by atoms with Crippen LogP contribution in [-0.2, 0) is 6.61 Å². The van der Waals surface area contributed by atoms with Gasteiger partial charge in [0.15, 0.2) is 6.61 Å². The van der Waals surface area contributed by atoms with Crippen molar-refractivity contribution >= 4 is 16.9 Å². The van der Waals surface area contributed by atoms with Crippen LogP contribution in [0.4, 0.5) is 0 Å². The van der Waals surface area contributed by atoms with E-state index in [1.54, 1.807) is 12.1 Å².